The first kappa shape index (κ1) is 29.2. The summed E-state index contributed by atoms with van der Waals surface area (Å²) in [5.74, 6) is -0.642. The molecule has 0 radical (unpaired) electrons. The topological polar surface area (TPSA) is 101 Å². The molecule has 0 spiro atoms. The number of amides is 2. The highest BCUT2D eigenvalue weighted by atomic mass is 32.2. The molecule has 0 saturated heterocycles. The number of carbonyl (C=O) groups excluding carboxylic acids is 2. The second kappa shape index (κ2) is 12.3. The van der Waals surface area contributed by atoms with Crippen LogP contribution in [0.25, 0.3) is 20.9 Å². The standard InChI is InChI=1S/C31H33N3O4S3/c1-33(19-21-12-14-22(15-13-21)24-7-3-4-11-29(24)41(32,37)38)30(35)25-8-5-9-26(25)31(36)34(2)20-23-16-17-28(40-23)27-10-6-18-39-27/h3-4,6-7,10-18,25-26H,5,8-9,19-20H2,1-2H3,(H2,32,37,38)/t25-,26-/m0/s1. The SMILES string of the molecule is CN(Cc1ccc(-c2ccccc2S(N)(=O)=O)cc1)C(=O)[C@H]1CCC[C@@H]1C(=O)N(C)Cc1ccc(-c2cccs2)s1. The lowest BCUT2D eigenvalue weighted by atomic mass is 9.93. The Morgan fingerprint density at radius 2 is 1.49 bits per heavy atom. The van der Waals surface area contributed by atoms with Gasteiger partial charge in [-0.1, -0.05) is 55.0 Å². The van der Waals surface area contributed by atoms with Crippen molar-refractivity contribution in [2.24, 2.45) is 17.0 Å². The third-order valence-electron chi connectivity index (χ3n) is 7.60. The maximum absolute atomic E-state index is 13.5. The highest BCUT2D eigenvalue weighted by Gasteiger charge is 2.40. The van der Waals surface area contributed by atoms with E-state index in [2.05, 4.69) is 23.6 Å². The molecule has 4 aromatic rings. The zero-order valence-electron chi connectivity index (χ0n) is 23.0. The third kappa shape index (κ3) is 6.62. The van der Waals surface area contributed by atoms with Crippen molar-refractivity contribution in [1.29, 1.82) is 0 Å². The smallest absolute Gasteiger partial charge is 0.238 e. The minimum Gasteiger partial charge on any atom is -0.341 e. The fourth-order valence-corrected chi connectivity index (χ4v) is 8.19. The second-order valence-corrected chi connectivity index (χ2v) is 14.2. The van der Waals surface area contributed by atoms with Gasteiger partial charge >= 0.3 is 0 Å². The van der Waals surface area contributed by atoms with E-state index in [1.807, 2.05) is 37.4 Å². The van der Waals surface area contributed by atoms with E-state index in [9.17, 15) is 18.0 Å². The van der Waals surface area contributed by atoms with Crippen molar-refractivity contribution in [2.45, 2.75) is 37.2 Å². The first-order valence-electron chi connectivity index (χ1n) is 13.5. The van der Waals surface area contributed by atoms with E-state index in [0.717, 1.165) is 28.8 Å². The van der Waals surface area contributed by atoms with Gasteiger partial charge in [0.15, 0.2) is 0 Å². The molecule has 7 nitrogen and oxygen atoms in total. The van der Waals surface area contributed by atoms with Crippen LogP contribution in [0.1, 0.15) is 29.7 Å². The third-order valence-corrected chi connectivity index (χ3v) is 10.7. The van der Waals surface area contributed by atoms with Crippen molar-refractivity contribution in [1.82, 2.24) is 9.80 Å². The van der Waals surface area contributed by atoms with E-state index < -0.39 is 10.0 Å². The molecule has 5 rings (SSSR count). The molecule has 1 saturated carbocycles. The summed E-state index contributed by atoms with van der Waals surface area (Å²) in [6, 6.07) is 22.4. The molecule has 2 heterocycles. The molecular formula is C31H33N3O4S3. The molecule has 2 N–H and O–H groups in total. The molecule has 2 aromatic heterocycles. The van der Waals surface area contributed by atoms with Gasteiger partial charge in [0.2, 0.25) is 21.8 Å². The van der Waals surface area contributed by atoms with Gasteiger partial charge in [0.25, 0.3) is 0 Å². The Kier molecular flexibility index (Phi) is 8.74. The van der Waals surface area contributed by atoms with Crippen LogP contribution in [0.5, 0.6) is 0 Å². The lowest BCUT2D eigenvalue weighted by molar-refractivity contribution is -0.144. The number of rotatable bonds is 9. The van der Waals surface area contributed by atoms with Crippen molar-refractivity contribution in [2.75, 3.05) is 14.1 Å². The number of hydrogen-bond donors (Lipinski definition) is 1. The van der Waals surface area contributed by atoms with Gasteiger partial charge in [0, 0.05) is 52.7 Å². The van der Waals surface area contributed by atoms with Crippen LogP contribution >= 0.6 is 22.7 Å². The van der Waals surface area contributed by atoms with Crippen molar-refractivity contribution in [3.8, 4) is 20.9 Å². The number of hydrogen-bond acceptors (Lipinski definition) is 6. The van der Waals surface area contributed by atoms with Gasteiger partial charge in [-0.2, -0.15) is 0 Å². The molecule has 1 aliphatic carbocycles. The minimum absolute atomic E-state index is 0.0194. The van der Waals surface area contributed by atoms with Crippen LogP contribution in [0.2, 0.25) is 0 Å². The fraction of sp³-hybridized carbons (Fsp3) is 0.290. The molecule has 10 heteroatoms. The minimum atomic E-state index is -3.86. The Bertz CT molecular complexity index is 1630. The molecule has 0 unspecified atom stereocenters. The van der Waals surface area contributed by atoms with Crippen LogP contribution in [0.15, 0.2) is 83.1 Å². The molecule has 1 aliphatic rings. The number of carbonyl (C=O) groups is 2. The highest BCUT2D eigenvalue weighted by molar-refractivity contribution is 7.89. The van der Waals surface area contributed by atoms with E-state index in [1.165, 1.54) is 15.8 Å². The highest BCUT2D eigenvalue weighted by Crippen LogP contribution is 2.36. The Morgan fingerprint density at radius 3 is 2.12 bits per heavy atom. The zero-order valence-corrected chi connectivity index (χ0v) is 25.5. The zero-order chi connectivity index (χ0) is 29.1. The Balaban J connectivity index is 1.21. The van der Waals surface area contributed by atoms with Gasteiger partial charge in [-0.25, -0.2) is 13.6 Å². The molecular weight excluding hydrogens is 575 g/mol. The predicted octanol–water partition coefficient (Wildman–Crippen LogP) is 5.82. The average Bonchev–Trinajstić information content (AvgIpc) is 3.74. The molecule has 2 amide bonds. The number of sulfonamides is 1. The lowest BCUT2D eigenvalue weighted by Gasteiger charge is -2.27. The van der Waals surface area contributed by atoms with Crippen molar-refractivity contribution in [3.05, 3.63) is 88.6 Å². The van der Waals surface area contributed by atoms with Crippen molar-refractivity contribution < 1.29 is 18.0 Å². The molecule has 214 valence electrons. The first-order chi connectivity index (χ1) is 19.6. The first-order valence-corrected chi connectivity index (χ1v) is 16.7. The number of nitrogens with zero attached hydrogens (tertiary/aromatic N) is 2. The summed E-state index contributed by atoms with van der Waals surface area (Å²) >= 11 is 3.40. The van der Waals surface area contributed by atoms with Gasteiger partial charge in [-0.15, -0.1) is 22.7 Å². The molecule has 2 atom stereocenters. The average molecular weight is 608 g/mol. The number of primary sulfonamides is 1. The maximum atomic E-state index is 13.5. The van der Waals surface area contributed by atoms with Crippen LogP contribution in [0.3, 0.4) is 0 Å². The van der Waals surface area contributed by atoms with E-state index >= 15 is 0 Å². The number of nitrogens with two attached hydrogens (primary N) is 1. The Hall–Kier alpha value is -3.31. The molecule has 41 heavy (non-hydrogen) atoms. The summed E-state index contributed by atoms with van der Waals surface area (Å²) in [4.78, 5) is 34.0. The normalized spacial score (nSPS) is 17.0. The summed E-state index contributed by atoms with van der Waals surface area (Å²) in [6.45, 7) is 0.924. The predicted molar refractivity (Wildman–Crippen MR) is 165 cm³/mol. The Morgan fingerprint density at radius 1 is 0.829 bits per heavy atom. The molecule has 1 fully saturated rings. The fourth-order valence-electron chi connectivity index (χ4n) is 5.54. The number of benzene rings is 2. The van der Waals surface area contributed by atoms with Gasteiger partial charge < -0.3 is 9.80 Å². The monoisotopic (exact) mass is 607 g/mol. The van der Waals surface area contributed by atoms with E-state index in [0.29, 0.717) is 25.1 Å². The van der Waals surface area contributed by atoms with Gasteiger partial charge in [0.1, 0.15) is 0 Å². The maximum Gasteiger partial charge on any atom is 0.238 e. The van der Waals surface area contributed by atoms with Gasteiger partial charge in [-0.3, -0.25) is 9.59 Å². The summed E-state index contributed by atoms with van der Waals surface area (Å²) in [5.41, 5.74) is 2.17. The van der Waals surface area contributed by atoms with Gasteiger partial charge in [0.05, 0.1) is 11.4 Å². The van der Waals surface area contributed by atoms with Crippen LogP contribution in [-0.2, 0) is 32.7 Å². The molecule has 2 aromatic carbocycles. The summed E-state index contributed by atoms with van der Waals surface area (Å²) < 4.78 is 24.0. The largest absolute Gasteiger partial charge is 0.341 e. The second-order valence-electron chi connectivity index (χ2n) is 10.5. The summed E-state index contributed by atoms with van der Waals surface area (Å²) in [7, 11) is -0.262. The van der Waals surface area contributed by atoms with E-state index in [-0.39, 0.29) is 28.5 Å². The van der Waals surface area contributed by atoms with E-state index in [4.69, 9.17) is 5.14 Å². The quantitative estimate of drug-likeness (QED) is 0.259. The summed E-state index contributed by atoms with van der Waals surface area (Å²) in [5, 5.41) is 7.45. The van der Waals surface area contributed by atoms with Crippen molar-refractivity contribution in [3.63, 3.8) is 0 Å². The van der Waals surface area contributed by atoms with Crippen LogP contribution in [-0.4, -0.2) is 44.1 Å². The van der Waals surface area contributed by atoms with E-state index in [1.54, 1.807) is 57.7 Å². The van der Waals surface area contributed by atoms with Crippen molar-refractivity contribution >= 4 is 44.5 Å². The lowest BCUT2D eigenvalue weighted by Crippen LogP contribution is -2.40. The molecule has 0 aliphatic heterocycles. The molecule has 0 bridgehead atoms. The number of thiophene rings is 2. The van der Waals surface area contributed by atoms with Crippen LogP contribution in [0, 0.1) is 11.8 Å². The summed E-state index contributed by atoms with van der Waals surface area (Å²) in [6.07, 6.45) is 2.28. The Labute approximate surface area is 249 Å². The van der Waals surface area contributed by atoms with Gasteiger partial charge in [-0.05, 0) is 53.6 Å². The van der Waals surface area contributed by atoms with Crippen LogP contribution < -0.4 is 5.14 Å². The van der Waals surface area contributed by atoms with Crippen LogP contribution in [0.4, 0.5) is 0 Å².